The number of hydrogen-bond acceptors (Lipinski definition) is 2. The van der Waals surface area contributed by atoms with E-state index < -0.39 is 0 Å². The Labute approximate surface area is 103 Å². The number of nitrogen functional groups attached to an aromatic ring is 1. The van der Waals surface area contributed by atoms with Crippen molar-refractivity contribution in [1.29, 1.82) is 0 Å². The van der Waals surface area contributed by atoms with E-state index in [1.54, 1.807) is 16.9 Å². The molecule has 0 spiro atoms. The third kappa shape index (κ3) is 1.33. The summed E-state index contributed by atoms with van der Waals surface area (Å²) in [6.07, 6.45) is 1.60. The van der Waals surface area contributed by atoms with E-state index in [9.17, 15) is 4.39 Å². The first-order chi connectivity index (χ1) is 8.59. The van der Waals surface area contributed by atoms with Crippen LogP contribution in [0.2, 0.25) is 0 Å². The number of hydrogen-bond donors (Lipinski definition) is 2. The lowest BCUT2D eigenvalue weighted by Crippen LogP contribution is -1.96. The topological polar surface area (TPSA) is 59.6 Å². The van der Waals surface area contributed by atoms with Crippen LogP contribution in [0.5, 0.6) is 0 Å². The molecule has 0 atom stereocenters. The fourth-order valence-electron chi connectivity index (χ4n) is 2.38. The first-order valence-corrected chi connectivity index (χ1v) is 5.64. The Morgan fingerprint density at radius 1 is 1.39 bits per heavy atom. The first-order valence-electron chi connectivity index (χ1n) is 5.64. The summed E-state index contributed by atoms with van der Waals surface area (Å²) >= 11 is 0. The highest BCUT2D eigenvalue weighted by Crippen LogP contribution is 2.35. The van der Waals surface area contributed by atoms with Gasteiger partial charge >= 0.3 is 0 Å². The molecule has 0 aliphatic heterocycles. The molecular weight excluding hydrogens is 231 g/mol. The number of aromatic amines is 1. The molecule has 0 unspecified atom stereocenters. The van der Waals surface area contributed by atoms with E-state index in [1.807, 2.05) is 20.0 Å². The van der Waals surface area contributed by atoms with E-state index in [0.717, 1.165) is 22.3 Å². The van der Waals surface area contributed by atoms with Gasteiger partial charge in [0.1, 0.15) is 5.82 Å². The van der Waals surface area contributed by atoms with Gasteiger partial charge in [-0.05, 0) is 13.0 Å². The summed E-state index contributed by atoms with van der Waals surface area (Å²) in [6.45, 7) is 1.90. The lowest BCUT2D eigenvalue weighted by molar-refractivity contribution is 0.637. The molecular formula is C13H13FN4. The van der Waals surface area contributed by atoms with Gasteiger partial charge < -0.3 is 10.7 Å². The molecule has 1 aromatic carbocycles. The van der Waals surface area contributed by atoms with Crippen LogP contribution in [0.25, 0.3) is 22.2 Å². The number of fused-ring (bicyclic) bond motifs is 1. The Morgan fingerprint density at radius 2 is 2.17 bits per heavy atom. The highest BCUT2D eigenvalue weighted by molar-refractivity contribution is 5.99. The zero-order valence-electron chi connectivity index (χ0n) is 10.2. The molecule has 3 rings (SSSR count). The van der Waals surface area contributed by atoms with Gasteiger partial charge in [0.05, 0.1) is 23.1 Å². The maximum absolute atomic E-state index is 13.7. The van der Waals surface area contributed by atoms with E-state index in [-0.39, 0.29) is 5.82 Å². The van der Waals surface area contributed by atoms with Gasteiger partial charge in [-0.15, -0.1) is 0 Å². The van der Waals surface area contributed by atoms with Gasteiger partial charge in [-0.2, -0.15) is 5.10 Å². The number of anilines is 1. The Balaban J connectivity index is 2.43. The molecule has 3 N–H and O–H groups in total. The second-order valence-electron chi connectivity index (χ2n) is 4.36. The Bertz CT molecular complexity index is 719. The zero-order valence-corrected chi connectivity index (χ0v) is 10.2. The minimum Gasteiger partial charge on any atom is -0.396 e. The van der Waals surface area contributed by atoms with Crippen LogP contribution in [0.1, 0.15) is 5.69 Å². The van der Waals surface area contributed by atoms with E-state index in [2.05, 4.69) is 10.1 Å². The molecule has 92 valence electrons. The van der Waals surface area contributed by atoms with Crippen molar-refractivity contribution in [1.82, 2.24) is 14.8 Å². The van der Waals surface area contributed by atoms with Gasteiger partial charge in [0.25, 0.3) is 0 Å². The number of aryl methyl sites for hydroxylation is 2. The molecule has 0 amide bonds. The molecule has 0 fully saturated rings. The average molecular weight is 244 g/mol. The van der Waals surface area contributed by atoms with E-state index in [1.165, 1.54) is 6.07 Å². The predicted molar refractivity (Wildman–Crippen MR) is 69.6 cm³/mol. The second kappa shape index (κ2) is 3.60. The quantitative estimate of drug-likeness (QED) is 0.691. The summed E-state index contributed by atoms with van der Waals surface area (Å²) in [5.41, 5.74) is 9.63. The van der Waals surface area contributed by atoms with Gasteiger partial charge in [0, 0.05) is 23.7 Å². The van der Waals surface area contributed by atoms with Crippen LogP contribution >= 0.6 is 0 Å². The van der Waals surface area contributed by atoms with Crippen molar-refractivity contribution in [3.8, 4) is 11.3 Å². The van der Waals surface area contributed by atoms with E-state index in [0.29, 0.717) is 11.2 Å². The highest BCUT2D eigenvalue weighted by atomic mass is 19.1. The molecule has 18 heavy (non-hydrogen) atoms. The molecule has 0 bridgehead atoms. The molecule has 0 saturated heterocycles. The summed E-state index contributed by atoms with van der Waals surface area (Å²) in [7, 11) is 1.82. The van der Waals surface area contributed by atoms with Gasteiger partial charge in [0.2, 0.25) is 0 Å². The minimum atomic E-state index is -0.261. The van der Waals surface area contributed by atoms with Crippen molar-refractivity contribution in [2.45, 2.75) is 6.92 Å². The van der Waals surface area contributed by atoms with Gasteiger partial charge in [-0.1, -0.05) is 12.1 Å². The van der Waals surface area contributed by atoms with Crippen LogP contribution in [0.3, 0.4) is 0 Å². The number of halogens is 1. The number of nitrogens with two attached hydrogens (primary N) is 1. The van der Waals surface area contributed by atoms with Crippen molar-refractivity contribution in [3.05, 3.63) is 35.9 Å². The maximum Gasteiger partial charge on any atom is 0.147 e. The summed E-state index contributed by atoms with van der Waals surface area (Å²) in [4.78, 5) is 3.07. The molecule has 3 aromatic rings. The molecule has 2 heterocycles. The van der Waals surface area contributed by atoms with E-state index >= 15 is 0 Å². The Morgan fingerprint density at radius 3 is 2.83 bits per heavy atom. The number of benzene rings is 1. The summed E-state index contributed by atoms with van der Waals surface area (Å²) in [5.74, 6) is -0.261. The number of H-pyrrole nitrogens is 1. The van der Waals surface area contributed by atoms with Crippen LogP contribution in [0, 0.1) is 12.7 Å². The summed E-state index contributed by atoms with van der Waals surface area (Å²) < 4.78 is 15.4. The third-order valence-corrected chi connectivity index (χ3v) is 3.17. The highest BCUT2D eigenvalue weighted by Gasteiger charge is 2.17. The predicted octanol–water partition coefficient (Wildman–Crippen LogP) is 2.60. The molecule has 0 aliphatic rings. The monoisotopic (exact) mass is 244 g/mol. The van der Waals surface area contributed by atoms with Crippen molar-refractivity contribution in [3.63, 3.8) is 0 Å². The SMILES string of the molecule is Cc1[nH]c2c(F)cccc2c1-c1c(N)cnn1C. The van der Waals surface area contributed by atoms with E-state index in [4.69, 9.17) is 5.73 Å². The van der Waals surface area contributed by atoms with Crippen molar-refractivity contribution in [2.75, 3.05) is 5.73 Å². The van der Waals surface area contributed by atoms with Crippen LogP contribution in [-0.4, -0.2) is 14.8 Å². The molecule has 0 saturated carbocycles. The molecule has 5 heteroatoms. The molecule has 0 aliphatic carbocycles. The molecule has 2 aromatic heterocycles. The fraction of sp³-hybridized carbons (Fsp3) is 0.154. The largest absolute Gasteiger partial charge is 0.396 e. The minimum absolute atomic E-state index is 0.261. The zero-order chi connectivity index (χ0) is 12.9. The van der Waals surface area contributed by atoms with Gasteiger partial charge in [-0.3, -0.25) is 4.68 Å². The fourth-order valence-corrected chi connectivity index (χ4v) is 2.38. The van der Waals surface area contributed by atoms with Crippen molar-refractivity contribution >= 4 is 16.6 Å². The Hall–Kier alpha value is -2.30. The number of nitrogens with one attached hydrogen (secondary N) is 1. The molecule has 4 nitrogen and oxygen atoms in total. The smallest absolute Gasteiger partial charge is 0.147 e. The van der Waals surface area contributed by atoms with Crippen LogP contribution in [0.15, 0.2) is 24.4 Å². The lowest BCUT2D eigenvalue weighted by Gasteiger charge is -2.04. The van der Waals surface area contributed by atoms with Crippen molar-refractivity contribution in [2.24, 2.45) is 7.05 Å². The van der Waals surface area contributed by atoms with Crippen LogP contribution < -0.4 is 5.73 Å². The third-order valence-electron chi connectivity index (χ3n) is 3.17. The summed E-state index contributed by atoms with van der Waals surface area (Å²) in [6, 6.07) is 5.01. The van der Waals surface area contributed by atoms with Crippen molar-refractivity contribution < 1.29 is 4.39 Å². The summed E-state index contributed by atoms with van der Waals surface area (Å²) in [5, 5.41) is 4.95. The van der Waals surface area contributed by atoms with Gasteiger partial charge in [-0.25, -0.2) is 4.39 Å². The van der Waals surface area contributed by atoms with Crippen LogP contribution in [0.4, 0.5) is 10.1 Å². The lowest BCUT2D eigenvalue weighted by atomic mass is 10.1. The number of para-hydroxylation sites is 1. The maximum atomic E-state index is 13.7. The number of rotatable bonds is 1. The van der Waals surface area contributed by atoms with Gasteiger partial charge in [0.15, 0.2) is 0 Å². The second-order valence-corrected chi connectivity index (χ2v) is 4.36. The molecule has 0 radical (unpaired) electrons. The standard InChI is InChI=1S/C13H13FN4/c1-7-11(13-10(15)6-16-18(13)2)8-4-3-5-9(14)12(8)17-7/h3-6,17H,15H2,1-2H3. The number of aromatic nitrogens is 3. The number of nitrogens with zero attached hydrogens (tertiary/aromatic N) is 2. The Kier molecular flexibility index (Phi) is 2.16. The van der Waals surface area contributed by atoms with Crippen LogP contribution in [-0.2, 0) is 7.05 Å². The normalized spacial score (nSPS) is 11.3. The first kappa shape index (κ1) is 10.8. The average Bonchev–Trinajstić information content (AvgIpc) is 2.81.